The fourth-order valence-electron chi connectivity index (χ4n) is 6.68. The number of fused-ring (bicyclic) bond motifs is 1. The summed E-state index contributed by atoms with van der Waals surface area (Å²) in [7, 11) is 1.52. The maximum Gasteiger partial charge on any atom is 0.416 e. The van der Waals surface area contributed by atoms with Crippen LogP contribution < -0.4 is 9.80 Å². The standard InChI is InChI=1S/C33H39F6N7O2/c1-4-45(17-22-10-8-21(9-11-22)14-29(47)48)30-24(15-27-20(2)6-5-7-28(27)40-30)19-46(31-41-43-44(3)42-31)18-23-12-25(32(34,35)36)16-26(13-23)33(37,38)39/h5,7,12-13,15-16,20-22H,4,6,8-11,14,17-19H2,1-3H3,(H,47,48). The molecule has 5 rings (SSSR count). The van der Waals surface area contributed by atoms with Crippen LogP contribution in [0.25, 0.3) is 6.08 Å². The molecule has 2 heterocycles. The molecule has 1 fully saturated rings. The lowest BCUT2D eigenvalue weighted by molar-refractivity contribution is -0.143. The number of allylic oxidation sites excluding steroid dienone is 1. The number of hydrogen-bond acceptors (Lipinski definition) is 7. The summed E-state index contributed by atoms with van der Waals surface area (Å²) in [5.74, 6) is 0.515. The molecule has 0 aliphatic heterocycles. The molecule has 0 radical (unpaired) electrons. The van der Waals surface area contributed by atoms with Crippen LogP contribution in [0.15, 0.2) is 30.3 Å². The fraction of sp³-hybridized carbons (Fsp3) is 0.545. The molecule has 1 saturated carbocycles. The van der Waals surface area contributed by atoms with Crippen LogP contribution in [0.3, 0.4) is 0 Å². The summed E-state index contributed by atoms with van der Waals surface area (Å²) >= 11 is 0. The van der Waals surface area contributed by atoms with Crippen LogP contribution in [-0.2, 0) is 37.3 Å². The molecule has 2 aromatic heterocycles. The molecule has 9 nitrogen and oxygen atoms in total. The molecule has 260 valence electrons. The Balaban J connectivity index is 1.52. The number of aromatic nitrogens is 5. The molecule has 1 aromatic carbocycles. The molecule has 0 bridgehead atoms. The van der Waals surface area contributed by atoms with Crippen LogP contribution in [0.4, 0.5) is 38.1 Å². The van der Waals surface area contributed by atoms with Crippen molar-refractivity contribution in [1.82, 2.24) is 25.2 Å². The number of anilines is 2. The molecular formula is C33H39F6N7O2. The molecule has 1 unspecified atom stereocenters. The fourth-order valence-corrected chi connectivity index (χ4v) is 6.68. The number of benzene rings is 1. The molecule has 1 N–H and O–H groups in total. The summed E-state index contributed by atoms with van der Waals surface area (Å²) in [6.45, 7) is 5.02. The van der Waals surface area contributed by atoms with Gasteiger partial charge in [0, 0.05) is 38.2 Å². The predicted octanol–water partition coefficient (Wildman–Crippen LogP) is 7.48. The summed E-state index contributed by atoms with van der Waals surface area (Å²) in [5.41, 5.74) is -0.468. The Morgan fingerprint density at radius 2 is 1.60 bits per heavy atom. The second-order valence-electron chi connectivity index (χ2n) is 12.9. The maximum atomic E-state index is 13.7. The van der Waals surface area contributed by atoms with E-state index in [0.717, 1.165) is 61.1 Å². The van der Waals surface area contributed by atoms with Gasteiger partial charge in [0.15, 0.2) is 0 Å². The summed E-state index contributed by atoms with van der Waals surface area (Å²) in [4.78, 5) is 21.2. The third-order valence-corrected chi connectivity index (χ3v) is 9.19. The molecule has 0 amide bonds. The number of alkyl halides is 6. The average Bonchev–Trinajstić information content (AvgIpc) is 3.45. The van der Waals surface area contributed by atoms with Gasteiger partial charge < -0.3 is 14.9 Å². The number of tetrazole rings is 1. The Hall–Kier alpha value is -4.17. The number of aryl methyl sites for hydroxylation is 1. The number of hydrogen-bond donors (Lipinski definition) is 1. The van der Waals surface area contributed by atoms with E-state index in [9.17, 15) is 36.2 Å². The molecule has 3 aromatic rings. The normalized spacial score (nSPS) is 19.6. The third kappa shape index (κ3) is 8.45. The number of aliphatic carboxylic acids is 1. The topological polar surface area (TPSA) is 100 Å². The van der Waals surface area contributed by atoms with Crippen molar-refractivity contribution in [1.29, 1.82) is 0 Å². The van der Waals surface area contributed by atoms with Gasteiger partial charge in [-0.15, -0.1) is 5.10 Å². The van der Waals surface area contributed by atoms with Crippen LogP contribution >= 0.6 is 0 Å². The predicted molar refractivity (Wildman–Crippen MR) is 167 cm³/mol. The van der Waals surface area contributed by atoms with Crippen molar-refractivity contribution in [2.75, 3.05) is 22.9 Å². The molecule has 2 aliphatic carbocycles. The van der Waals surface area contributed by atoms with Gasteiger partial charge in [0.2, 0.25) is 0 Å². The second kappa shape index (κ2) is 14.1. The molecule has 0 saturated heterocycles. The highest BCUT2D eigenvalue weighted by atomic mass is 19.4. The first-order valence-electron chi connectivity index (χ1n) is 16.0. The van der Waals surface area contributed by atoms with Crippen molar-refractivity contribution in [3.05, 3.63) is 63.9 Å². The number of nitrogens with zero attached hydrogens (tertiary/aromatic N) is 7. The SMILES string of the molecule is CCN(CC1CCC(CC(=O)O)CC1)c1nc2c(cc1CN(Cc1cc(C(F)(F)F)cc(C(F)(F)F)c1)c1nnn(C)n1)C(C)CC=C2. The summed E-state index contributed by atoms with van der Waals surface area (Å²) < 4.78 is 82.4. The number of carboxylic acid groups (broad SMARTS) is 1. The van der Waals surface area contributed by atoms with Crippen LogP contribution in [0.5, 0.6) is 0 Å². The van der Waals surface area contributed by atoms with Gasteiger partial charge in [0.05, 0.1) is 23.9 Å². The van der Waals surface area contributed by atoms with Gasteiger partial charge in [0.25, 0.3) is 5.95 Å². The Morgan fingerprint density at radius 1 is 0.958 bits per heavy atom. The molecule has 48 heavy (non-hydrogen) atoms. The Morgan fingerprint density at radius 3 is 2.17 bits per heavy atom. The van der Waals surface area contributed by atoms with Crippen LogP contribution in [0.1, 0.15) is 91.8 Å². The van der Waals surface area contributed by atoms with E-state index < -0.39 is 29.4 Å². The van der Waals surface area contributed by atoms with E-state index >= 15 is 0 Å². The number of rotatable bonds is 11. The lowest BCUT2D eigenvalue weighted by Gasteiger charge is -2.34. The van der Waals surface area contributed by atoms with Crippen molar-refractivity contribution in [2.24, 2.45) is 18.9 Å². The van der Waals surface area contributed by atoms with E-state index in [-0.39, 0.29) is 48.9 Å². The van der Waals surface area contributed by atoms with E-state index in [1.807, 2.05) is 19.1 Å². The van der Waals surface area contributed by atoms with Crippen LogP contribution in [0, 0.1) is 11.8 Å². The number of carboxylic acids is 1. The summed E-state index contributed by atoms with van der Waals surface area (Å²) in [5, 5.41) is 21.4. The summed E-state index contributed by atoms with van der Waals surface area (Å²) in [6.07, 6.45) is -1.60. The summed E-state index contributed by atoms with van der Waals surface area (Å²) in [6, 6.07) is 3.57. The monoisotopic (exact) mass is 679 g/mol. The first-order valence-corrected chi connectivity index (χ1v) is 16.0. The van der Waals surface area contributed by atoms with Gasteiger partial charge in [-0.2, -0.15) is 31.1 Å². The van der Waals surface area contributed by atoms with E-state index in [1.54, 1.807) is 0 Å². The number of halogens is 6. The lowest BCUT2D eigenvalue weighted by atomic mass is 9.80. The van der Waals surface area contributed by atoms with Crippen LogP contribution in [-0.4, -0.2) is 49.4 Å². The minimum absolute atomic E-state index is 0.0389. The van der Waals surface area contributed by atoms with Crippen molar-refractivity contribution in [2.45, 2.75) is 83.7 Å². The van der Waals surface area contributed by atoms with Crippen LogP contribution in [0.2, 0.25) is 0 Å². The van der Waals surface area contributed by atoms with Crippen molar-refractivity contribution >= 4 is 23.8 Å². The molecule has 1 atom stereocenters. The van der Waals surface area contributed by atoms with Gasteiger partial charge in [-0.25, -0.2) is 4.98 Å². The Kier molecular flexibility index (Phi) is 10.3. The lowest BCUT2D eigenvalue weighted by Crippen LogP contribution is -2.34. The van der Waals surface area contributed by atoms with E-state index in [1.165, 1.54) is 16.7 Å². The average molecular weight is 680 g/mol. The van der Waals surface area contributed by atoms with Crippen molar-refractivity contribution in [3.63, 3.8) is 0 Å². The van der Waals surface area contributed by atoms with Gasteiger partial charge >= 0.3 is 18.3 Å². The zero-order chi connectivity index (χ0) is 34.8. The smallest absolute Gasteiger partial charge is 0.416 e. The minimum Gasteiger partial charge on any atom is -0.481 e. The molecule has 15 heteroatoms. The number of pyridine rings is 1. The van der Waals surface area contributed by atoms with E-state index in [0.29, 0.717) is 24.8 Å². The van der Waals surface area contributed by atoms with Gasteiger partial charge in [0.1, 0.15) is 5.82 Å². The largest absolute Gasteiger partial charge is 0.481 e. The highest BCUT2D eigenvalue weighted by Crippen LogP contribution is 2.38. The highest BCUT2D eigenvalue weighted by molar-refractivity contribution is 5.67. The van der Waals surface area contributed by atoms with Gasteiger partial charge in [-0.1, -0.05) is 18.1 Å². The van der Waals surface area contributed by atoms with Gasteiger partial charge in [-0.05, 0) is 103 Å². The highest BCUT2D eigenvalue weighted by Gasteiger charge is 2.37. The molecule has 2 aliphatic rings. The Bertz CT molecular complexity index is 1600. The number of carbonyl (C=O) groups is 1. The molecule has 0 spiro atoms. The third-order valence-electron chi connectivity index (χ3n) is 9.19. The zero-order valence-corrected chi connectivity index (χ0v) is 27.0. The minimum atomic E-state index is -4.99. The van der Waals surface area contributed by atoms with Crippen molar-refractivity contribution < 1.29 is 36.2 Å². The molecular weight excluding hydrogens is 640 g/mol. The first-order chi connectivity index (χ1) is 22.6. The quantitative estimate of drug-likeness (QED) is 0.208. The Labute approximate surface area is 274 Å². The second-order valence-corrected chi connectivity index (χ2v) is 12.9. The van der Waals surface area contributed by atoms with E-state index in [4.69, 9.17) is 4.98 Å². The van der Waals surface area contributed by atoms with E-state index in [2.05, 4.69) is 33.3 Å². The van der Waals surface area contributed by atoms with Gasteiger partial charge in [-0.3, -0.25) is 4.79 Å². The first kappa shape index (κ1) is 35.1. The van der Waals surface area contributed by atoms with Crippen molar-refractivity contribution in [3.8, 4) is 0 Å². The zero-order valence-electron chi connectivity index (χ0n) is 27.0. The maximum absolute atomic E-state index is 13.7.